The van der Waals surface area contributed by atoms with Crippen molar-refractivity contribution in [3.63, 3.8) is 0 Å². The van der Waals surface area contributed by atoms with E-state index in [0.717, 1.165) is 23.2 Å². The summed E-state index contributed by atoms with van der Waals surface area (Å²) in [6.07, 6.45) is 0.722. The van der Waals surface area contributed by atoms with Crippen molar-refractivity contribution >= 4 is 17.3 Å². The molecule has 0 amide bonds. The lowest BCUT2D eigenvalue weighted by Gasteiger charge is -2.03. The first-order chi connectivity index (χ1) is 7.65. The minimum Gasteiger partial charge on any atom is -0.399 e. The summed E-state index contributed by atoms with van der Waals surface area (Å²) in [6, 6.07) is 12.4. The van der Waals surface area contributed by atoms with Crippen LogP contribution in [0.2, 0.25) is 5.02 Å². The fourth-order valence-corrected chi connectivity index (χ4v) is 1.72. The number of halogens is 2. The minimum absolute atomic E-state index is 0.160. The van der Waals surface area contributed by atoms with Gasteiger partial charge in [-0.3, -0.25) is 0 Å². The molecule has 0 heterocycles. The smallest absolute Gasteiger partial charge is 0.141 e. The number of rotatable bonds is 2. The molecule has 3 heteroatoms. The van der Waals surface area contributed by atoms with E-state index in [1.54, 1.807) is 12.1 Å². The van der Waals surface area contributed by atoms with Crippen LogP contribution in [0.4, 0.5) is 10.1 Å². The van der Waals surface area contributed by atoms with E-state index < -0.39 is 0 Å². The van der Waals surface area contributed by atoms with E-state index in [9.17, 15) is 4.39 Å². The Bertz CT molecular complexity index is 494. The van der Waals surface area contributed by atoms with Gasteiger partial charge >= 0.3 is 0 Å². The van der Waals surface area contributed by atoms with E-state index in [2.05, 4.69) is 0 Å². The summed E-state index contributed by atoms with van der Waals surface area (Å²) in [5, 5.41) is 0.160. The number of nitrogens with two attached hydrogens (primary N) is 1. The first kappa shape index (κ1) is 11.0. The molecule has 0 saturated carbocycles. The van der Waals surface area contributed by atoms with Gasteiger partial charge in [0.15, 0.2) is 0 Å². The number of hydrogen-bond acceptors (Lipinski definition) is 1. The second kappa shape index (κ2) is 4.54. The Morgan fingerprint density at radius 3 is 2.25 bits per heavy atom. The van der Waals surface area contributed by atoms with Crippen LogP contribution in [0.1, 0.15) is 11.1 Å². The SMILES string of the molecule is Nc1ccc(Cc2ccc(F)c(Cl)c2)cc1. The zero-order valence-corrected chi connectivity index (χ0v) is 9.34. The molecule has 2 aromatic carbocycles. The van der Waals surface area contributed by atoms with Crippen LogP contribution in [0, 0.1) is 5.82 Å². The first-order valence-electron chi connectivity index (χ1n) is 4.93. The van der Waals surface area contributed by atoms with E-state index in [0.29, 0.717) is 0 Å². The van der Waals surface area contributed by atoms with Crippen molar-refractivity contribution in [1.82, 2.24) is 0 Å². The van der Waals surface area contributed by atoms with Crippen molar-refractivity contribution in [3.8, 4) is 0 Å². The molecule has 0 fully saturated rings. The molecule has 0 radical (unpaired) electrons. The van der Waals surface area contributed by atoms with Crippen molar-refractivity contribution in [2.75, 3.05) is 5.73 Å². The third-order valence-corrected chi connectivity index (χ3v) is 2.66. The summed E-state index contributed by atoms with van der Waals surface area (Å²) in [7, 11) is 0. The number of nitrogen functional groups attached to an aromatic ring is 1. The van der Waals surface area contributed by atoms with Crippen molar-refractivity contribution in [2.24, 2.45) is 0 Å². The van der Waals surface area contributed by atoms with Gasteiger partial charge in [-0.2, -0.15) is 0 Å². The normalized spacial score (nSPS) is 10.4. The van der Waals surface area contributed by atoms with Gasteiger partial charge < -0.3 is 5.73 Å². The van der Waals surface area contributed by atoms with Crippen LogP contribution in [0.3, 0.4) is 0 Å². The lowest BCUT2D eigenvalue weighted by atomic mass is 10.0. The molecule has 2 N–H and O–H groups in total. The predicted molar refractivity (Wildman–Crippen MR) is 65.1 cm³/mol. The Kier molecular flexibility index (Phi) is 3.11. The molecule has 2 rings (SSSR count). The second-order valence-corrected chi connectivity index (χ2v) is 4.07. The zero-order chi connectivity index (χ0) is 11.5. The van der Waals surface area contributed by atoms with E-state index in [1.807, 2.05) is 24.3 Å². The van der Waals surface area contributed by atoms with Crippen LogP contribution in [-0.2, 0) is 6.42 Å². The van der Waals surface area contributed by atoms with Gasteiger partial charge in [-0.25, -0.2) is 4.39 Å². The standard InChI is InChI=1S/C13H11ClFN/c14-12-8-10(3-6-13(12)15)7-9-1-4-11(16)5-2-9/h1-6,8H,7,16H2. The molecule has 0 aliphatic heterocycles. The average Bonchev–Trinajstić information content (AvgIpc) is 2.27. The monoisotopic (exact) mass is 235 g/mol. The van der Waals surface area contributed by atoms with Crippen LogP contribution in [0.5, 0.6) is 0 Å². The Hall–Kier alpha value is -1.54. The highest BCUT2D eigenvalue weighted by Crippen LogP contribution is 2.18. The van der Waals surface area contributed by atoms with Crippen molar-refractivity contribution in [1.29, 1.82) is 0 Å². The van der Waals surface area contributed by atoms with E-state index in [4.69, 9.17) is 17.3 Å². The number of anilines is 1. The van der Waals surface area contributed by atoms with Gasteiger partial charge in [0.2, 0.25) is 0 Å². The maximum absolute atomic E-state index is 12.9. The maximum atomic E-state index is 12.9. The molecule has 16 heavy (non-hydrogen) atoms. The maximum Gasteiger partial charge on any atom is 0.141 e. The molecule has 0 spiro atoms. The highest BCUT2D eigenvalue weighted by molar-refractivity contribution is 6.30. The number of hydrogen-bond donors (Lipinski definition) is 1. The molecule has 0 aliphatic carbocycles. The van der Waals surface area contributed by atoms with Gasteiger partial charge in [-0.15, -0.1) is 0 Å². The molecule has 0 aliphatic rings. The summed E-state index contributed by atoms with van der Waals surface area (Å²) >= 11 is 5.71. The molecular formula is C13H11ClFN. The summed E-state index contributed by atoms with van der Waals surface area (Å²) in [4.78, 5) is 0. The Balaban J connectivity index is 2.20. The quantitative estimate of drug-likeness (QED) is 0.790. The van der Waals surface area contributed by atoms with Crippen LogP contribution in [0.25, 0.3) is 0 Å². The molecule has 1 nitrogen and oxygen atoms in total. The molecular weight excluding hydrogens is 225 g/mol. The highest BCUT2D eigenvalue weighted by atomic mass is 35.5. The zero-order valence-electron chi connectivity index (χ0n) is 8.58. The van der Waals surface area contributed by atoms with E-state index in [-0.39, 0.29) is 10.8 Å². The van der Waals surface area contributed by atoms with Crippen molar-refractivity contribution in [2.45, 2.75) is 6.42 Å². The van der Waals surface area contributed by atoms with Crippen LogP contribution >= 0.6 is 11.6 Å². The topological polar surface area (TPSA) is 26.0 Å². The molecule has 0 atom stereocenters. The van der Waals surface area contributed by atoms with Crippen LogP contribution in [-0.4, -0.2) is 0 Å². The average molecular weight is 236 g/mol. The van der Waals surface area contributed by atoms with Gasteiger partial charge in [0.25, 0.3) is 0 Å². The Morgan fingerprint density at radius 2 is 1.62 bits per heavy atom. The fourth-order valence-electron chi connectivity index (χ4n) is 1.52. The van der Waals surface area contributed by atoms with E-state index >= 15 is 0 Å². The largest absolute Gasteiger partial charge is 0.399 e. The molecule has 0 saturated heterocycles. The number of benzene rings is 2. The molecule has 0 bridgehead atoms. The summed E-state index contributed by atoms with van der Waals surface area (Å²) in [6.45, 7) is 0. The van der Waals surface area contributed by atoms with Crippen LogP contribution < -0.4 is 5.73 Å². The first-order valence-corrected chi connectivity index (χ1v) is 5.31. The third-order valence-electron chi connectivity index (χ3n) is 2.37. The predicted octanol–water partition coefficient (Wildman–Crippen LogP) is 3.65. The van der Waals surface area contributed by atoms with E-state index in [1.165, 1.54) is 6.07 Å². The summed E-state index contributed by atoms with van der Waals surface area (Å²) in [5.74, 6) is -0.386. The van der Waals surface area contributed by atoms with Gasteiger partial charge in [0.1, 0.15) is 5.82 Å². The lowest BCUT2D eigenvalue weighted by molar-refractivity contribution is 0.627. The minimum atomic E-state index is -0.386. The van der Waals surface area contributed by atoms with Gasteiger partial charge in [0, 0.05) is 5.69 Å². The summed E-state index contributed by atoms with van der Waals surface area (Å²) < 4.78 is 12.9. The summed E-state index contributed by atoms with van der Waals surface area (Å²) in [5.41, 5.74) is 8.43. The van der Waals surface area contributed by atoms with Gasteiger partial charge in [-0.05, 0) is 41.8 Å². The molecule has 2 aromatic rings. The Labute approximate surface area is 98.7 Å². The molecule has 0 unspecified atom stereocenters. The third kappa shape index (κ3) is 2.52. The molecule has 0 aromatic heterocycles. The van der Waals surface area contributed by atoms with Gasteiger partial charge in [-0.1, -0.05) is 29.8 Å². The van der Waals surface area contributed by atoms with Crippen molar-refractivity contribution < 1.29 is 4.39 Å². The lowest BCUT2D eigenvalue weighted by Crippen LogP contribution is -1.90. The van der Waals surface area contributed by atoms with Crippen LogP contribution in [0.15, 0.2) is 42.5 Å². The fraction of sp³-hybridized carbons (Fsp3) is 0.0769. The molecule has 82 valence electrons. The second-order valence-electron chi connectivity index (χ2n) is 3.67. The highest BCUT2D eigenvalue weighted by Gasteiger charge is 2.01. The Morgan fingerprint density at radius 1 is 1.00 bits per heavy atom. The van der Waals surface area contributed by atoms with Gasteiger partial charge in [0.05, 0.1) is 5.02 Å². The van der Waals surface area contributed by atoms with Crippen molar-refractivity contribution in [3.05, 3.63) is 64.4 Å².